The number of phosphoric ester groups is 1. The summed E-state index contributed by atoms with van der Waals surface area (Å²) >= 11 is 0. The molecule has 10 nitrogen and oxygen atoms in total. The predicted octanol–water partition coefficient (Wildman–Crippen LogP) is 14.8. The van der Waals surface area contributed by atoms with Crippen LogP contribution in [0.2, 0.25) is 0 Å². The number of carbonyl (C=O) groups is 2. The van der Waals surface area contributed by atoms with Gasteiger partial charge in [-0.15, -0.1) is 0 Å². The van der Waals surface area contributed by atoms with Crippen molar-refractivity contribution in [2.75, 3.05) is 26.4 Å². The Morgan fingerprint density at radius 2 is 0.846 bits per heavy atom. The number of allylic oxidation sites excluding steroid dienone is 12. The molecule has 0 aromatic carbocycles. The molecule has 65 heavy (non-hydrogen) atoms. The van der Waals surface area contributed by atoms with Gasteiger partial charge in [-0.2, -0.15) is 0 Å². The maximum atomic E-state index is 12.6. The molecule has 376 valence electrons. The highest BCUT2D eigenvalue weighted by molar-refractivity contribution is 7.47. The summed E-state index contributed by atoms with van der Waals surface area (Å²) in [6, 6.07) is 0. The SMILES string of the molecule is CC/C=C\C/C=C\C/C=C\C/C=C\C/C=C\C/C=C\CCC(=O)OC(COC(=O)CCCCCCCCCCCCCCCCCCCCCCCCC)COP(=O)(O)OCC(O)CO. The van der Waals surface area contributed by atoms with Crippen LogP contribution in [0, 0.1) is 0 Å². The molecule has 0 aliphatic rings. The molecule has 0 spiro atoms. The molecule has 3 atom stereocenters. The Hall–Kier alpha value is -2.59. The molecule has 3 N–H and O–H groups in total. The summed E-state index contributed by atoms with van der Waals surface area (Å²) in [4.78, 5) is 35.1. The zero-order valence-corrected chi connectivity index (χ0v) is 42.1. The monoisotopic (exact) mass is 935 g/mol. The number of carbonyl (C=O) groups excluding carboxylic acids is 2. The van der Waals surface area contributed by atoms with Gasteiger partial charge in [0, 0.05) is 12.8 Å². The fourth-order valence-corrected chi connectivity index (χ4v) is 7.75. The highest BCUT2D eigenvalue weighted by Crippen LogP contribution is 2.43. The third-order valence-corrected chi connectivity index (χ3v) is 11.8. The van der Waals surface area contributed by atoms with Crippen LogP contribution in [-0.2, 0) is 32.7 Å². The molecule has 0 aliphatic carbocycles. The molecule has 0 saturated heterocycles. The van der Waals surface area contributed by atoms with Gasteiger partial charge in [0.05, 0.1) is 19.8 Å². The summed E-state index contributed by atoms with van der Waals surface area (Å²) < 4.78 is 32.8. The highest BCUT2D eigenvalue weighted by atomic mass is 31.2. The smallest absolute Gasteiger partial charge is 0.462 e. The maximum Gasteiger partial charge on any atom is 0.472 e. The Balaban J connectivity index is 4.24. The van der Waals surface area contributed by atoms with Crippen molar-refractivity contribution in [2.24, 2.45) is 0 Å². The van der Waals surface area contributed by atoms with Gasteiger partial charge in [0.2, 0.25) is 0 Å². The molecule has 0 aromatic heterocycles. The standard InChI is InChI=1S/C54H95O10P/c1-3-5-7-9-11-13-15-17-19-21-23-24-25-26-28-29-31-33-35-37-39-41-43-45-53(57)61-49-52(50-63-65(59,60)62-48-51(56)47-55)64-54(58)46-44-42-40-38-36-34-32-30-27-22-20-18-16-14-12-10-8-6-4-2/h6,8,12,14,18,20,27,30,34,36,40,42,51-52,55-56H,3-5,7,9-11,13,15-17,19,21-26,28-29,31-33,35,37-39,41,43-50H2,1-2H3,(H,59,60)/b8-6-,14-12-,20-18-,30-27-,36-34-,42-40-. The second-order valence-electron chi connectivity index (χ2n) is 17.2. The summed E-state index contributed by atoms with van der Waals surface area (Å²) in [7, 11) is -4.65. The van der Waals surface area contributed by atoms with Crippen molar-refractivity contribution < 1.29 is 47.8 Å². The van der Waals surface area contributed by atoms with E-state index in [2.05, 4.69) is 74.6 Å². The molecule has 0 aromatic rings. The van der Waals surface area contributed by atoms with E-state index in [0.717, 1.165) is 57.8 Å². The van der Waals surface area contributed by atoms with Crippen molar-refractivity contribution in [3.05, 3.63) is 72.9 Å². The molecule has 0 heterocycles. The highest BCUT2D eigenvalue weighted by Gasteiger charge is 2.27. The lowest BCUT2D eigenvalue weighted by atomic mass is 10.0. The van der Waals surface area contributed by atoms with Crippen molar-refractivity contribution in [2.45, 2.75) is 232 Å². The van der Waals surface area contributed by atoms with Gasteiger partial charge in [-0.05, 0) is 51.4 Å². The largest absolute Gasteiger partial charge is 0.472 e. The van der Waals surface area contributed by atoms with Crippen LogP contribution in [-0.4, -0.2) is 65.7 Å². The Bertz CT molecular complexity index is 1310. The number of aliphatic hydroxyl groups is 2. The van der Waals surface area contributed by atoms with Crippen molar-refractivity contribution in [1.29, 1.82) is 0 Å². The number of rotatable bonds is 48. The Kier molecular flexibility index (Phi) is 47.4. The molecular weight excluding hydrogens is 840 g/mol. The lowest BCUT2D eigenvalue weighted by molar-refractivity contribution is -0.161. The third-order valence-electron chi connectivity index (χ3n) is 10.9. The maximum absolute atomic E-state index is 12.6. The number of phosphoric acid groups is 1. The fourth-order valence-electron chi connectivity index (χ4n) is 6.96. The van der Waals surface area contributed by atoms with Gasteiger partial charge < -0.3 is 24.6 Å². The molecule has 11 heteroatoms. The quantitative estimate of drug-likeness (QED) is 0.0233. The van der Waals surface area contributed by atoms with E-state index in [1.807, 2.05) is 12.2 Å². The molecule has 0 amide bonds. The number of ether oxygens (including phenoxy) is 2. The van der Waals surface area contributed by atoms with Gasteiger partial charge in [0.25, 0.3) is 0 Å². The van der Waals surface area contributed by atoms with Crippen molar-refractivity contribution in [1.82, 2.24) is 0 Å². The van der Waals surface area contributed by atoms with Crippen molar-refractivity contribution in [3.8, 4) is 0 Å². The molecule has 0 rings (SSSR count). The van der Waals surface area contributed by atoms with E-state index in [-0.39, 0.29) is 19.4 Å². The molecule has 0 bridgehead atoms. The Morgan fingerprint density at radius 1 is 0.477 bits per heavy atom. The van der Waals surface area contributed by atoms with Gasteiger partial charge in [-0.25, -0.2) is 4.57 Å². The molecule has 0 aliphatic heterocycles. The summed E-state index contributed by atoms with van der Waals surface area (Å²) in [6.45, 7) is 2.21. The van der Waals surface area contributed by atoms with E-state index in [1.165, 1.54) is 122 Å². The molecular formula is C54H95O10P. The molecule has 0 saturated carbocycles. The molecule has 3 unspecified atom stereocenters. The van der Waals surface area contributed by atoms with Gasteiger partial charge in [-0.1, -0.05) is 228 Å². The first-order chi connectivity index (χ1) is 31.7. The average molecular weight is 935 g/mol. The van der Waals surface area contributed by atoms with Gasteiger partial charge in [0.15, 0.2) is 6.10 Å². The Labute approximate surface area is 397 Å². The minimum absolute atomic E-state index is 0.0576. The predicted molar refractivity (Wildman–Crippen MR) is 270 cm³/mol. The van der Waals surface area contributed by atoms with Crippen LogP contribution in [0.5, 0.6) is 0 Å². The van der Waals surface area contributed by atoms with Crippen molar-refractivity contribution >= 4 is 19.8 Å². The van der Waals surface area contributed by atoms with E-state index < -0.39 is 51.8 Å². The summed E-state index contributed by atoms with van der Waals surface area (Å²) in [6.07, 6.45) is 59.0. The van der Waals surface area contributed by atoms with Crippen LogP contribution < -0.4 is 0 Å². The zero-order valence-electron chi connectivity index (χ0n) is 41.2. The lowest BCUT2D eigenvalue weighted by Crippen LogP contribution is -2.29. The van der Waals surface area contributed by atoms with E-state index in [1.54, 1.807) is 0 Å². The van der Waals surface area contributed by atoms with Crippen LogP contribution in [0.1, 0.15) is 219 Å². The summed E-state index contributed by atoms with van der Waals surface area (Å²) in [5, 5.41) is 18.4. The normalized spacial score (nSPS) is 14.2. The van der Waals surface area contributed by atoms with E-state index >= 15 is 0 Å². The summed E-state index contributed by atoms with van der Waals surface area (Å²) in [5.41, 5.74) is 0. The number of hydrogen-bond donors (Lipinski definition) is 3. The first kappa shape index (κ1) is 62.4. The fraction of sp³-hybridized carbons (Fsp3) is 0.741. The van der Waals surface area contributed by atoms with Crippen molar-refractivity contribution in [3.63, 3.8) is 0 Å². The lowest BCUT2D eigenvalue weighted by Gasteiger charge is -2.20. The molecule has 0 radical (unpaired) electrons. The van der Waals surface area contributed by atoms with Crippen LogP contribution in [0.3, 0.4) is 0 Å². The van der Waals surface area contributed by atoms with Crippen LogP contribution in [0.25, 0.3) is 0 Å². The Morgan fingerprint density at radius 3 is 1.25 bits per heavy atom. The van der Waals surface area contributed by atoms with Crippen LogP contribution in [0.4, 0.5) is 0 Å². The first-order valence-electron chi connectivity index (χ1n) is 25.9. The average Bonchev–Trinajstić information content (AvgIpc) is 3.30. The number of unbranched alkanes of at least 4 members (excludes halogenated alkanes) is 22. The van der Waals surface area contributed by atoms with E-state index in [4.69, 9.17) is 23.6 Å². The minimum Gasteiger partial charge on any atom is -0.462 e. The van der Waals surface area contributed by atoms with E-state index in [9.17, 15) is 24.2 Å². The topological polar surface area (TPSA) is 149 Å². The summed E-state index contributed by atoms with van der Waals surface area (Å²) in [5.74, 6) is -1.02. The van der Waals surface area contributed by atoms with E-state index in [0.29, 0.717) is 12.8 Å². The second kappa shape index (κ2) is 49.3. The first-order valence-corrected chi connectivity index (χ1v) is 27.4. The number of aliphatic hydroxyl groups excluding tert-OH is 2. The second-order valence-corrected chi connectivity index (χ2v) is 18.6. The minimum atomic E-state index is -4.65. The number of esters is 2. The van der Waals surface area contributed by atoms with Gasteiger partial charge in [-0.3, -0.25) is 18.6 Å². The zero-order chi connectivity index (χ0) is 47.6. The third kappa shape index (κ3) is 49.1. The van der Waals surface area contributed by atoms with Gasteiger partial charge >= 0.3 is 19.8 Å². The van der Waals surface area contributed by atoms with Crippen LogP contribution in [0.15, 0.2) is 72.9 Å². The number of hydrogen-bond acceptors (Lipinski definition) is 9. The van der Waals surface area contributed by atoms with Crippen LogP contribution >= 0.6 is 7.82 Å². The van der Waals surface area contributed by atoms with Gasteiger partial charge in [0.1, 0.15) is 12.7 Å². The molecule has 0 fully saturated rings.